The van der Waals surface area contributed by atoms with E-state index in [0.29, 0.717) is 6.04 Å². The van der Waals surface area contributed by atoms with Gasteiger partial charge in [-0.15, -0.1) is 0 Å². The van der Waals surface area contributed by atoms with E-state index in [4.69, 9.17) is 23.8 Å². The van der Waals surface area contributed by atoms with E-state index >= 15 is 0 Å². The molecule has 21 heavy (non-hydrogen) atoms. The molecule has 1 heterocycles. The third kappa shape index (κ3) is 2.03. The van der Waals surface area contributed by atoms with Crippen LogP contribution in [0.15, 0.2) is 42.5 Å². The van der Waals surface area contributed by atoms with Gasteiger partial charge >= 0.3 is 0 Å². The number of halogens is 1. The lowest BCUT2D eigenvalue weighted by Gasteiger charge is -2.27. The fourth-order valence-electron chi connectivity index (χ4n) is 3.42. The number of benzene rings is 2. The summed E-state index contributed by atoms with van der Waals surface area (Å²) in [5.74, 6) is 0. The molecule has 106 valence electrons. The Morgan fingerprint density at radius 1 is 1.14 bits per heavy atom. The number of hydrogen-bond donors (Lipinski definition) is 1. The van der Waals surface area contributed by atoms with E-state index in [1.165, 1.54) is 17.5 Å². The van der Waals surface area contributed by atoms with Gasteiger partial charge in [-0.3, -0.25) is 0 Å². The summed E-state index contributed by atoms with van der Waals surface area (Å²) in [6, 6.07) is 15.0. The summed E-state index contributed by atoms with van der Waals surface area (Å²) in [6.45, 7) is 0. The third-order valence-electron chi connectivity index (χ3n) is 4.35. The molecule has 0 radical (unpaired) electrons. The standard InChI is InChI=1S/C17H15ClN2S/c18-13-8-4-10-15-16(13)19-17(21)20(15)14-9-3-6-11-5-1-2-7-12(11)14/h1-2,4-5,7-8,10,14H,3,6,9H2,(H,19,21). The molecule has 0 fully saturated rings. The zero-order valence-electron chi connectivity index (χ0n) is 11.5. The van der Waals surface area contributed by atoms with Gasteiger partial charge in [0, 0.05) is 0 Å². The number of para-hydroxylation sites is 1. The van der Waals surface area contributed by atoms with Gasteiger partial charge in [-0.2, -0.15) is 0 Å². The van der Waals surface area contributed by atoms with Gasteiger partial charge < -0.3 is 9.55 Å². The number of H-pyrrole nitrogens is 1. The highest BCUT2D eigenvalue weighted by Gasteiger charge is 2.23. The van der Waals surface area contributed by atoms with Gasteiger partial charge in [-0.05, 0) is 54.7 Å². The SMILES string of the molecule is S=c1[nH]c2c(Cl)cccc2n1C1CCCc2ccccc21. The first-order valence-electron chi connectivity index (χ1n) is 7.22. The summed E-state index contributed by atoms with van der Waals surface area (Å²) in [5.41, 5.74) is 4.86. The number of nitrogens with one attached hydrogen (secondary N) is 1. The first kappa shape index (κ1) is 13.1. The Labute approximate surface area is 133 Å². The van der Waals surface area contributed by atoms with Crippen molar-refractivity contribution in [1.82, 2.24) is 9.55 Å². The summed E-state index contributed by atoms with van der Waals surface area (Å²) < 4.78 is 2.98. The Balaban J connectivity index is 1.98. The predicted molar refractivity (Wildman–Crippen MR) is 89.7 cm³/mol. The summed E-state index contributed by atoms with van der Waals surface area (Å²) in [7, 11) is 0. The van der Waals surface area contributed by atoms with Gasteiger partial charge in [-0.25, -0.2) is 0 Å². The number of aromatic nitrogens is 2. The van der Waals surface area contributed by atoms with Crippen LogP contribution in [0.3, 0.4) is 0 Å². The molecule has 0 saturated heterocycles. The second kappa shape index (κ2) is 5.00. The van der Waals surface area contributed by atoms with Gasteiger partial charge in [-0.1, -0.05) is 41.9 Å². The molecule has 0 saturated carbocycles. The topological polar surface area (TPSA) is 20.7 Å². The largest absolute Gasteiger partial charge is 0.329 e. The first-order chi connectivity index (χ1) is 10.3. The number of nitrogens with zero attached hydrogens (tertiary/aromatic N) is 1. The molecule has 0 aliphatic heterocycles. The number of aromatic amines is 1. The van der Waals surface area contributed by atoms with E-state index in [9.17, 15) is 0 Å². The maximum Gasteiger partial charge on any atom is 0.178 e. The van der Waals surface area contributed by atoms with Crippen molar-refractivity contribution < 1.29 is 0 Å². The Bertz CT molecular complexity index is 878. The molecular formula is C17H15ClN2S. The van der Waals surface area contributed by atoms with E-state index in [1.54, 1.807) is 0 Å². The average molecular weight is 315 g/mol. The minimum atomic E-state index is 0.301. The van der Waals surface area contributed by atoms with E-state index in [-0.39, 0.29) is 0 Å². The molecule has 0 spiro atoms. The molecule has 1 atom stereocenters. The molecule has 3 aromatic rings. The Hall–Kier alpha value is -1.58. The Morgan fingerprint density at radius 2 is 2.00 bits per heavy atom. The van der Waals surface area contributed by atoms with Crippen LogP contribution in [0.25, 0.3) is 11.0 Å². The van der Waals surface area contributed by atoms with Crippen molar-refractivity contribution in [3.63, 3.8) is 0 Å². The Kier molecular flexibility index (Phi) is 3.12. The van der Waals surface area contributed by atoms with Crippen LogP contribution in [-0.2, 0) is 6.42 Å². The molecule has 1 N–H and O–H groups in total. The van der Waals surface area contributed by atoms with Crippen LogP contribution in [0.2, 0.25) is 5.02 Å². The van der Waals surface area contributed by atoms with Crippen molar-refractivity contribution in [3.8, 4) is 0 Å². The number of hydrogen-bond acceptors (Lipinski definition) is 1. The van der Waals surface area contributed by atoms with Crippen molar-refractivity contribution in [2.24, 2.45) is 0 Å². The lowest BCUT2D eigenvalue weighted by atomic mass is 9.87. The van der Waals surface area contributed by atoms with Crippen LogP contribution in [0.5, 0.6) is 0 Å². The van der Waals surface area contributed by atoms with E-state index in [2.05, 4.69) is 39.9 Å². The quantitative estimate of drug-likeness (QED) is 0.606. The highest BCUT2D eigenvalue weighted by molar-refractivity contribution is 7.71. The van der Waals surface area contributed by atoms with E-state index in [0.717, 1.165) is 33.7 Å². The summed E-state index contributed by atoms with van der Waals surface area (Å²) in [4.78, 5) is 3.27. The predicted octanol–water partition coefficient (Wildman–Crippen LogP) is 5.28. The van der Waals surface area contributed by atoms with Gasteiger partial charge in [0.15, 0.2) is 4.77 Å². The van der Waals surface area contributed by atoms with Crippen molar-refractivity contribution in [2.45, 2.75) is 25.3 Å². The van der Waals surface area contributed by atoms with Crippen molar-refractivity contribution in [3.05, 3.63) is 63.4 Å². The van der Waals surface area contributed by atoms with Gasteiger partial charge in [0.1, 0.15) is 0 Å². The monoisotopic (exact) mass is 314 g/mol. The molecule has 1 aliphatic carbocycles. The fourth-order valence-corrected chi connectivity index (χ4v) is 3.96. The second-order valence-electron chi connectivity index (χ2n) is 5.54. The maximum absolute atomic E-state index is 6.29. The molecule has 0 bridgehead atoms. The van der Waals surface area contributed by atoms with Crippen LogP contribution in [0.4, 0.5) is 0 Å². The van der Waals surface area contributed by atoms with Crippen LogP contribution in [0, 0.1) is 4.77 Å². The van der Waals surface area contributed by atoms with Crippen LogP contribution in [0.1, 0.15) is 30.0 Å². The third-order valence-corrected chi connectivity index (χ3v) is 4.97. The minimum absolute atomic E-state index is 0.301. The maximum atomic E-state index is 6.29. The zero-order chi connectivity index (χ0) is 14.4. The van der Waals surface area contributed by atoms with E-state index in [1.807, 2.05) is 12.1 Å². The minimum Gasteiger partial charge on any atom is -0.329 e. The van der Waals surface area contributed by atoms with Crippen molar-refractivity contribution >= 4 is 34.9 Å². The molecule has 2 aromatic carbocycles. The van der Waals surface area contributed by atoms with Gasteiger partial charge in [0.05, 0.1) is 22.1 Å². The fraction of sp³-hybridized carbons (Fsp3) is 0.235. The summed E-state index contributed by atoms with van der Waals surface area (Å²) in [5, 5.41) is 0.724. The summed E-state index contributed by atoms with van der Waals surface area (Å²) in [6.07, 6.45) is 3.46. The van der Waals surface area contributed by atoms with Crippen LogP contribution in [-0.4, -0.2) is 9.55 Å². The van der Waals surface area contributed by atoms with Crippen LogP contribution < -0.4 is 0 Å². The highest BCUT2D eigenvalue weighted by Crippen LogP contribution is 2.36. The van der Waals surface area contributed by atoms with Crippen molar-refractivity contribution in [2.75, 3.05) is 0 Å². The number of imidazole rings is 1. The molecule has 1 aliphatic rings. The molecule has 4 rings (SSSR count). The normalized spacial score (nSPS) is 17.9. The lowest BCUT2D eigenvalue weighted by molar-refractivity contribution is 0.495. The number of rotatable bonds is 1. The molecule has 0 amide bonds. The van der Waals surface area contributed by atoms with Crippen LogP contribution >= 0.6 is 23.8 Å². The molecule has 1 unspecified atom stereocenters. The average Bonchev–Trinajstić information content (AvgIpc) is 2.84. The smallest absolute Gasteiger partial charge is 0.178 e. The van der Waals surface area contributed by atoms with E-state index < -0.39 is 0 Å². The zero-order valence-corrected chi connectivity index (χ0v) is 13.0. The first-order valence-corrected chi connectivity index (χ1v) is 8.01. The summed E-state index contributed by atoms with van der Waals surface area (Å²) >= 11 is 11.9. The van der Waals surface area contributed by atoms with Gasteiger partial charge in [0.2, 0.25) is 0 Å². The number of aryl methyl sites for hydroxylation is 1. The molecule has 2 nitrogen and oxygen atoms in total. The molecule has 1 aromatic heterocycles. The lowest BCUT2D eigenvalue weighted by Crippen LogP contribution is -2.17. The highest BCUT2D eigenvalue weighted by atomic mass is 35.5. The number of fused-ring (bicyclic) bond motifs is 2. The Morgan fingerprint density at radius 3 is 2.90 bits per heavy atom. The molecule has 4 heteroatoms. The van der Waals surface area contributed by atoms with Gasteiger partial charge in [0.25, 0.3) is 0 Å². The molecular weight excluding hydrogens is 300 g/mol. The van der Waals surface area contributed by atoms with Crippen molar-refractivity contribution in [1.29, 1.82) is 0 Å². The second-order valence-corrected chi connectivity index (χ2v) is 6.33.